The molecule has 11 heteroatoms. The molecule has 1 heterocycles. The summed E-state index contributed by atoms with van der Waals surface area (Å²) in [6.45, 7) is 1.51. The van der Waals surface area contributed by atoms with E-state index in [-0.39, 0.29) is 5.91 Å². The Bertz CT molecular complexity index is 1470. The van der Waals surface area contributed by atoms with Crippen LogP contribution in [-0.4, -0.2) is 26.5 Å². The van der Waals surface area contributed by atoms with Crippen LogP contribution in [-0.2, 0) is 13.0 Å². The Balaban J connectivity index is 0.000000707. The van der Waals surface area contributed by atoms with E-state index in [1.54, 1.807) is 0 Å². The Hall–Kier alpha value is -3.83. The third kappa shape index (κ3) is 16.2. The SMILES string of the molecule is CN(C)c1ccc(C=Cc2cc[n+](CCCNC(=O)c3ccc(C[C@H]4C#CCCCCC4)cc3)cc2)cc1.F[P-](F)(F)(F)(F)F. The van der Waals surface area contributed by atoms with Gasteiger partial charge in [-0.3, -0.25) is 4.79 Å². The predicted molar refractivity (Wildman–Crippen MR) is 171 cm³/mol. The van der Waals surface area contributed by atoms with Crippen molar-refractivity contribution < 1.29 is 34.5 Å². The summed E-state index contributed by atoms with van der Waals surface area (Å²) in [6.07, 6.45) is 16.3. The number of anilines is 1. The van der Waals surface area contributed by atoms with Crippen molar-refractivity contribution in [3.8, 4) is 11.8 Å². The molecular weight excluding hydrogens is 611 g/mol. The molecule has 0 aliphatic heterocycles. The van der Waals surface area contributed by atoms with Gasteiger partial charge in [0.15, 0.2) is 12.4 Å². The van der Waals surface area contributed by atoms with E-state index >= 15 is 0 Å². The van der Waals surface area contributed by atoms with Crippen molar-refractivity contribution in [1.82, 2.24) is 5.32 Å². The van der Waals surface area contributed by atoms with Crippen LogP contribution in [0.5, 0.6) is 0 Å². The average molecular weight is 652 g/mol. The minimum absolute atomic E-state index is 0.00797. The molecule has 45 heavy (non-hydrogen) atoms. The van der Waals surface area contributed by atoms with Gasteiger partial charge in [0, 0.05) is 62.8 Å². The molecule has 1 aromatic heterocycles. The van der Waals surface area contributed by atoms with Crippen molar-refractivity contribution in [3.05, 3.63) is 95.3 Å². The zero-order valence-electron chi connectivity index (χ0n) is 25.5. The Morgan fingerprint density at radius 3 is 2.09 bits per heavy atom. The Morgan fingerprint density at radius 1 is 0.889 bits per heavy atom. The van der Waals surface area contributed by atoms with Gasteiger partial charge in [-0.1, -0.05) is 55.2 Å². The molecule has 4 nitrogen and oxygen atoms in total. The molecule has 0 saturated carbocycles. The molecule has 244 valence electrons. The first kappa shape index (κ1) is 35.6. The fraction of sp³-hybridized carbons (Fsp3) is 0.353. The predicted octanol–water partition coefficient (Wildman–Crippen LogP) is 9.54. The van der Waals surface area contributed by atoms with Crippen LogP contribution in [0, 0.1) is 17.8 Å². The second-order valence-corrected chi connectivity index (χ2v) is 13.2. The summed E-state index contributed by atoms with van der Waals surface area (Å²) in [4.78, 5) is 14.7. The van der Waals surface area contributed by atoms with Crippen molar-refractivity contribution in [2.24, 2.45) is 5.92 Å². The number of carbonyl (C=O) groups is 1. The molecule has 0 bridgehead atoms. The van der Waals surface area contributed by atoms with Crippen LogP contribution in [0.3, 0.4) is 0 Å². The van der Waals surface area contributed by atoms with Gasteiger partial charge in [0.25, 0.3) is 5.91 Å². The summed E-state index contributed by atoms with van der Waals surface area (Å²) in [5, 5.41) is 3.06. The summed E-state index contributed by atoms with van der Waals surface area (Å²) >= 11 is 0. The molecule has 1 aliphatic carbocycles. The van der Waals surface area contributed by atoms with Gasteiger partial charge in [0.05, 0.1) is 0 Å². The number of aryl methyl sites for hydroxylation is 1. The minimum atomic E-state index is -10.7. The summed E-state index contributed by atoms with van der Waals surface area (Å²) in [5.74, 6) is 7.20. The molecule has 2 aromatic carbocycles. The first-order valence-electron chi connectivity index (χ1n) is 14.9. The van der Waals surface area contributed by atoms with E-state index in [1.165, 1.54) is 42.5 Å². The van der Waals surface area contributed by atoms with Crippen molar-refractivity contribution in [2.45, 2.75) is 51.5 Å². The van der Waals surface area contributed by atoms with Gasteiger partial charge in [-0.25, -0.2) is 4.57 Å². The van der Waals surface area contributed by atoms with Crippen LogP contribution in [0.4, 0.5) is 30.9 Å². The summed E-state index contributed by atoms with van der Waals surface area (Å²) < 4.78 is 61.3. The van der Waals surface area contributed by atoms with Gasteiger partial charge in [-0.2, -0.15) is 0 Å². The fourth-order valence-electron chi connectivity index (χ4n) is 4.67. The number of nitrogens with zero attached hydrogens (tertiary/aromatic N) is 2. The number of hydrogen-bond donors (Lipinski definition) is 1. The zero-order chi connectivity index (χ0) is 33.0. The molecule has 4 rings (SSSR count). The van der Waals surface area contributed by atoms with Crippen molar-refractivity contribution in [1.29, 1.82) is 0 Å². The molecular formula is C34H40F6N3OP. The van der Waals surface area contributed by atoms with E-state index in [0.717, 1.165) is 36.9 Å². The zero-order valence-corrected chi connectivity index (χ0v) is 26.4. The molecule has 0 radical (unpaired) electrons. The number of carbonyl (C=O) groups excluding carboxylic acids is 1. The Morgan fingerprint density at radius 2 is 1.49 bits per heavy atom. The Labute approximate surface area is 261 Å². The third-order valence-corrected chi connectivity index (χ3v) is 7.03. The molecule has 1 N–H and O–H groups in total. The molecule has 3 aromatic rings. The molecule has 0 fully saturated rings. The van der Waals surface area contributed by atoms with Gasteiger partial charge in [-0.05, 0) is 60.2 Å². The number of benzene rings is 2. The molecule has 1 amide bonds. The van der Waals surface area contributed by atoms with Gasteiger partial charge < -0.3 is 10.2 Å². The summed E-state index contributed by atoms with van der Waals surface area (Å²) in [5.41, 5.74) is 5.53. The van der Waals surface area contributed by atoms with Gasteiger partial charge >= 0.3 is 33.0 Å². The van der Waals surface area contributed by atoms with E-state index in [2.05, 4.69) is 99.7 Å². The number of rotatable bonds is 10. The monoisotopic (exact) mass is 651 g/mol. The summed E-state index contributed by atoms with van der Waals surface area (Å²) in [6, 6.07) is 20.8. The quantitative estimate of drug-likeness (QED) is 0.0780. The van der Waals surface area contributed by atoms with Crippen molar-refractivity contribution in [3.63, 3.8) is 0 Å². The van der Waals surface area contributed by atoms with Crippen molar-refractivity contribution >= 4 is 31.6 Å². The van der Waals surface area contributed by atoms with E-state index in [1.807, 2.05) is 26.2 Å². The van der Waals surface area contributed by atoms with Crippen LogP contribution in [0.1, 0.15) is 65.6 Å². The standard InChI is InChI=1S/C34H39N3O.F6P/c1-36(2)33-19-15-28(16-20-33)11-12-29-21-25-37(26-22-29)24-8-23-35-34(38)32-17-13-31(14-18-32)27-30-9-6-4-3-5-7-10-30;1-7(2,3,4,5)6/h11-22,25-26,30H,3-6,8-9,23-24,27H2,1-2H3;/q;-1/p+1/t30-;/m1./s1. The number of hydrogen-bond acceptors (Lipinski definition) is 2. The van der Waals surface area contributed by atoms with E-state index in [4.69, 9.17) is 0 Å². The number of halogens is 6. The number of nitrogens with one attached hydrogen (secondary N) is 1. The molecule has 0 unspecified atom stereocenters. The van der Waals surface area contributed by atoms with Crippen LogP contribution in [0.25, 0.3) is 12.2 Å². The van der Waals surface area contributed by atoms with Crippen LogP contribution in [0.15, 0.2) is 73.1 Å². The average Bonchev–Trinajstić information content (AvgIpc) is 2.95. The normalized spacial score (nSPS) is 16.5. The number of amides is 1. The summed E-state index contributed by atoms with van der Waals surface area (Å²) in [7, 11) is -6.56. The van der Waals surface area contributed by atoms with Crippen LogP contribution >= 0.6 is 7.81 Å². The molecule has 0 spiro atoms. The third-order valence-electron chi connectivity index (χ3n) is 7.03. The van der Waals surface area contributed by atoms with Gasteiger partial charge in [-0.15, -0.1) is 5.92 Å². The maximum atomic E-state index is 12.6. The van der Waals surface area contributed by atoms with Crippen molar-refractivity contribution in [2.75, 3.05) is 25.5 Å². The van der Waals surface area contributed by atoms with E-state index in [9.17, 15) is 30.0 Å². The van der Waals surface area contributed by atoms with E-state index < -0.39 is 7.81 Å². The second kappa shape index (κ2) is 15.0. The first-order valence-corrected chi connectivity index (χ1v) is 16.9. The molecule has 0 saturated heterocycles. The Kier molecular flexibility index (Phi) is 11.9. The second-order valence-electron chi connectivity index (χ2n) is 11.3. The number of aromatic nitrogens is 1. The van der Waals surface area contributed by atoms with Crippen LogP contribution in [0.2, 0.25) is 0 Å². The first-order chi connectivity index (χ1) is 21.0. The topological polar surface area (TPSA) is 36.2 Å². The molecule has 1 atom stereocenters. The van der Waals surface area contributed by atoms with Gasteiger partial charge in [0.1, 0.15) is 6.54 Å². The molecule has 1 aliphatic rings. The maximum absolute atomic E-state index is 12.6. The van der Waals surface area contributed by atoms with Gasteiger partial charge in [0.2, 0.25) is 0 Å². The van der Waals surface area contributed by atoms with Crippen LogP contribution < -0.4 is 14.8 Å². The van der Waals surface area contributed by atoms with E-state index in [0.29, 0.717) is 12.5 Å². The number of pyridine rings is 1. The fourth-order valence-corrected chi connectivity index (χ4v) is 4.67.